The number of carboxylic acid groups (broad SMARTS) is 1. The van der Waals surface area contributed by atoms with E-state index in [1.54, 1.807) is 12.1 Å². The second-order valence-corrected chi connectivity index (χ2v) is 5.33. The molecule has 0 aliphatic heterocycles. The van der Waals surface area contributed by atoms with Gasteiger partial charge in [-0.1, -0.05) is 54.6 Å². The van der Waals surface area contributed by atoms with Gasteiger partial charge in [0.15, 0.2) is 0 Å². The summed E-state index contributed by atoms with van der Waals surface area (Å²) >= 11 is 0. The fourth-order valence-electron chi connectivity index (χ4n) is 2.17. The fraction of sp³-hybridized carbons (Fsp3) is 0. The Balaban J connectivity index is 1.88. The summed E-state index contributed by atoms with van der Waals surface area (Å²) in [6.45, 7) is 0. The molecule has 0 amide bonds. The number of amidine groups is 1. The number of nitrogens with zero attached hydrogens (tertiary/aromatic N) is 3. The largest absolute Gasteiger partial charge is 0.478 e. The van der Waals surface area contributed by atoms with E-state index in [1.165, 1.54) is 12.1 Å². The first-order chi connectivity index (χ1) is 12.7. The highest BCUT2D eigenvalue weighted by molar-refractivity contribution is 5.99. The highest BCUT2D eigenvalue weighted by Crippen LogP contribution is 2.14. The molecule has 0 aromatic heterocycles. The van der Waals surface area contributed by atoms with Gasteiger partial charge in [0.1, 0.15) is 0 Å². The zero-order valence-electron chi connectivity index (χ0n) is 13.8. The summed E-state index contributed by atoms with van der Waals surface area (Å²) in [7, 11) is 0. The van der Waals surface area contributed by atoms with Gasteiger partial charge in [-0.3, -0.25) is 5.43 Å². The maximum Gasteiger partial charge on any atom is 0.335 e. The van der Waals surface area contributed by atoms with E-state index in [2.05, 4.69) is 20.8 Å². The molecule has 0 saturated carbocycles. The molecule has 0 aliphatic carbocycles. The van der Waals surface area contributed by atoms with Crippen molar-refractivity contribution >= 4 is 23.2 Å². The van der Waals surface area contributed by atoms with Crippen molar-refractivity contribution < 1.29 is 9.90 Å². The molecular weight excluding hydrogens is 328 g/mol. The predicted octanol–water partition coefficient (Wildman–Crippen LogP) is 4.94. The van der Waals surface area contributed by atoms with Crippen molar-refractivity contribution in [3.63, 3.8) is 0 Å². The van der Waals surface area contributed by atoms with E-state index in [0.29, 0.717) is 17.2 Å². The number of benzene rings is 3. The zero-order valence-corrected chi connectivity index (χ0v) is 13.8. The maximum absolute atomic E-state index is 11.1. The Morgan fingerprint density at radius 1 is 0.808 bits per heavy atom. The van der Waals surface area contributed by atoms with E-state index < -0.39 is 5.97 Å². The third kappa shape index (κ3) is 4.61. The van der Waals surface area contributed by atoms with Gasteiger partial charge in [0.2, 0.25) is 5.84 Å². The molecule has 0 saturated heterocycles. The lowest BCUT2D eigenvalue weighted by molar-refractivity contribution is 0.0697. The van der Waals surface area contributed by atoms with Crippen LogP contribution in [-0.4, -0.2) is 16.9 Å². The molecule has 0 unspecified atom stereocenters. The summed E-state index contributed by atoms with van der Waals surface area (Å²) in [4.78, 5) is 11.1. The van der Waals surface area contributed by atoms with Crippen molar-refractivity contribution in [2.45, 2.75) is 0 Å². The van der Waals surface area contributed by atoms with Crippen molar-refractivity contribution in [1.82, 2.24) is 0 Å². The van der Waals surface area contributed by atoms with Crippen LogP contribution in [0.4, 0.5) is 11.4 Å². The normalized spacial score (nSPS) is 11.5. The third-order valence-corrected chi connectivity index (χ3v) is 3.45. The van der Waals surface area contributed by atoms with E-state index in [4.69, 9.17) is 5.11 Å². The van der Waals surface area contributed by atoms with Gasteiger partial charge in [0, 0.05) is 5.56 Å². The molecule has 0 heterocycles. The van der Waals surface area contributed by atoms with Crippen LogP contribution < -0.4 is 5.43 Å². The van der Waals surface area contributed by atoms with Crippen LogP contribution in [0.2, 0.25) is 0 Å². The first kappa shape index (κ1) is 17.0. The van der Waals surface area contributed by atoms with Crippen LogP contribution in [0.15, 0.2) is 100 Å². The number of anilines is 1. The number of azo groups is 1. The van der Waals surface area contributed by atoms with E-state index >= 15 is 0 Å². The maximum atomic E-state index is 11.1. The number of nitrogens with one attached hydrogen (secondary N) is 1. The quantitative estimate of drug-likeness (QED) is 0.297. The first-order valence-corrected chi connectivity index (χ1v) is 7.91. The molecular formula is C20H16N4O2. The van der Waals surface area contributed by atoms with Gasteiger partial charge in [0.25, 0.3) is 0 Å². The van der Waals surface area contributed by atoms with Crippen LogP contribution in [0.25, 0.3) is 0 Å². The van der Waals surface area contributed by atoms with Gasteiger partial charge in [0.05, 0.1) is 16.9 Å². The van der Waals surface area contributed by atoms with Crippen molar-refractivity contribution in [2.75, 3.05) is 5.43 Å². The Hall–Kier alpha value is -3.80. The average Bonchev–Trinajstić information content (AvgIpc) is 2.69. The van der Waals surface area contributed by atoms with Crippen LogP contribution in [0.5, 0.6) is 0 Å². The summed E-state index contributed by atoms with van der Waals surface area (Å²) in [5.41, 5.74) is 5.07. The number of carbonyl (C=O) groups is 1. The standard InChI is InChI=1S/C20H16N4O2/c25-20(26)16-10-7-13-18(14-16)22-24-19(15-8-3-1-4-9-15)23-21-17-11-5-2-6-12-17/h1-14,22H,(H,25,26)/b23-21?,24-19-. The second-order valence-electron chi connectivity index (χ2n) is 5.33. The molecule has 26 heavy (non-hydrogen) atoms. The molecule has 3 rings (SSSR count). The summed E-state index contributed by atoms with van der Waals surface area (Å²) < 4.78 is 0. The highest BCUT2D eigenvalue weighted by Gasteiger charge is 2.05. The van der Waals surface area contributed by atoms with E-state index in [1.807, 2.05) is 60.7 Å². The Bertz CT molecular complexity index is 938. The molecule has 3 aromatic rings. The molecule has 0 radical (unpaired) electrons. The predicted molar refractivity (Wildman–Crippen MR) is 101 cm³/mol. The number of carboxylic acids is 1. The second kappa shape index (κ2) is 8.34. The summed E-state index contributed by atoms with van der Waals surface area (Å²) in [5.74, 6) is -0.611. The fourth-order valence-corrected chi connectivity index (χ4v) is 2.17. The molecule has 3 aromatic carbocycles. The molecule has 6 heteroatoms. The summed E-state index contributed by atoms with van der Waals surface area (Å²) in [6, 6.07) is 25.2. The molecule has 6 nitrogen and oxygen atoms in total. The van der Waals surface area contributed by atoms with Gasteiger partial charge in [-0.2, -0.15) is 5.10 Å². The number of hydrazone groups is 1. The SMILES string of the molecule is O=C(O)c1cccc(N/N=C(\N=Nc2ccccc2)c2ccccc2)c1. The van der Waals surface area contributed by atoms with E-state index in [-0.39, 0.29) is 5.56 Å². The van der Waals surface area contributed by atoms with Crippen LogP contribution in [0.3, 0.4) is 0 Å². The lowest BCUT2D eigenvalue weighted by Crippen LogP contribution is -2.02. The molecule has 0 atom stereocenters. The molecule has 2 N–H and O–H groups in total. The number of hydrogen-bond donors (Lipinski definition) is 2. The van der Waals surface area contributed by atoms with Gasteiger partial charge in [-0.25, -0.2) is 4.79 Å². The van der Waals surface area contributed by atoms with Crippen molar-refractivity contribution in [2.24, 2.45) is 15.3 Å². The van der Waals surface area contributed by atoms with Gasteiger partial charge in [-0.15, -0.1) is 10.2 Å². The third-order valence-electron chi connectivity index (χ3n) is 3.45. The monoisotopic (exact) mass is 344 g/mol. The van der Waals surface area contributed by atoms with E-state index in [9.17, 15) is 4.79 Å². The smallest absolute Gasteiger partial charge is 0.335 e. The van der Waals surface area contributed by atoms with Crippen LogP contribution >= 0.6 is 0 Å². The minimum Gasteiger partial charge on any atom is -0.478 e. The van der Waals surface area contributed by atoms with Crippen molar-refractivity contribution in [1.29, 1.82) is 0 Å². The molecule has 0 fully saturated rings. The Kier molecular flexibility index (Phi) is 5.47. The minimum absolute atomic E-state index is 0.178. The zero-order chi connectivity index (χ0) is 18.2. The van der Waals surface area contributed by atoms with Crippen molar-refractivity contribution in [3.05, 3.63) is 96.1 Å². The first-order valence-electron chi connectivity index (χ1n) is 7.91. The average molecular weight is 344 g/mol. The number of hydrogen-bond acceptors (Lipinski definition) is 4. The van der Waals surface area contributed by atoms with Crippen LogP contribution in [-0.2, 0) is 0 Å². The van der Waals surface area contributed by atoms with Crippen LogP contribution in [0.1, 0.15) is 15.9 Å². The number of aromatic carboxylic acids is 1. The number of rotatable bonds is 5. The molecule has 128 valence electrons. The molecule has 0 spiro atoms. The minimum atomic E-state index is -0.996. The lowest BCUT2D eigenvalue weighted by atomic mass is 10.2. The lowest BCUT2D eigenvalue weighted by Gasteiger charge is -2.04. The molecule has 0 bridgehead atoms. The van der Waals surface area contributed by atoms with Crippen molar-refractivity contribution in [3.8, 4) is 0 Å². The Morgan fingerprint density at radius 3 is 2.15 bits per heavy atom. The Labute approximate surface area is 150 Å². The molecule has 0 aliphatic rings. The Morgan fingerprint density at radius 2 is 1.46 bits per heavy atom. The highest BCUT2D eigenvalue weighted by atomic mass is 16.4. The van der Waals surface area contributed by atoms with Gasteiger partial charge in [-0.05, 0) is 30.3 Å². The summed E-state index contributed by atoms with van der Waals surface area (Å²) in [5, 5.41) is 21.8. The van der Waals surface area contributed by atoms with Gasteiger partial charge >= 0.3 is 5.97 Å². The van der Waals surface area contributed by atoms with Gasteiger partial charge < -0.3 is 5.11 Å². The summed E-state index contributed by atoms with van der Waals surface area (Å²) in [6.07, 6.45) is 0. The van der Waals surface area contributed by atoms with Crippen LogP contribution in [0, 0.1) is 0 Å². The van der Waals surface area contributed by atoms with E-state index in [0.717, 1.165) is 5.56 Å². The topological polar surface area (TPSA) is 86.4 Å².